The molecule has 1 aromatic carbocycles. The molecule has 6 heteroatoms. The zero-order valence-electron chi connectivity index (χ0n) is 18.2. The third-order valence-electron chi connectivity index (χ3n) is 4.70. The van der Waals surface area contributed by atoms with Crippen molar-refractivity contribution in [2.45, 2.75) is 65.9 Å². The molecule has 160 valence electrons. The molecule has 1 aliphatic heterocycles. The normalized spacial score (nSPS) is 20.9. The summed E-state index contributed by atoms with van der Waals surface area (Å²) in [6.45, 7) is 11.6. The summed E-state index contributed by atoms with van der Waals surface area (Å²) in [7, 11) is 0. The fourth-order valence-corrected chi connectivity index (χ4v) is 3.41. The third-order valence-corrected chi connectivity index (χ3v) is 4.70. The highest BCUT2D eigenvalue weighted by Gasteiger charge is 2.27. The van der Waals surface area contributed by atoms with Gasteiger partial charge in [-0.15, -0.1) is 0 Å². The van der Waals surface area contributed by atoms with Crippen LogP contribution in [0.5, 0.6) is 0 Å². The number of allylic oxidation sites excluding steroid dienone is 1. The molecule has 0 bridgehead atoms. The number of rotatable bonds is 5. The van der Waals surface area contributed by atoms with E-state index in [2.05, 4.69) is 16.9 Å². The Labute approximate surface area is 175 Å². The Bertz CT molecular complexity index is 740. The fraction of sp³-hybridized carbons (Fsp3) is 0.478. The zero-order chi connectivity index (χ0) is 21.8. The maximum Gasteiger partial charge on any atom is 0.224 e. The Kier molecular flexibility index (Phi) is 10.6. The molecule has 0 saturated heterocycles. The number of carbonyl (C=O) groups excluding carboxylic acids is 1. The maximum atomic E-state index is 11.4. The summed E-state index contributed by atoms with van der Waals surface area (Å²) < 4.78 is 5.43. The van der Waals surface area contributed by atoms with E-state index in [1.54, 1.807) is 6.08 Å². The van der Waals surface area contributed by atoms with E-state index < -0.39 is 0 Å². The average molecular weight is 401 g/mol. The summed E-state index contributed by atoms with van der Waals surface area (Å²) >= 11 is 0. The number of benzene rings is 1. The molecule has 0 spiro atoms. The van der Waals surface area contributed by atoms with Gasteiger partial charge in [0.15, 0.2) is 0 Å². The van der Waals surface area contributed by atoms with Crippen LogP contribution in [0.15, 0.2) is 47.8 Å². The maximum absolute atomic E-state index is 11.4. The Morgan fingerprint density at radius 3 is 2.62 bits per heavy atom. The number of aryl methyl sites for hydroxylation is 1. The van der Waals surface area contributed by atoms with E-state index in [0.717, 1.165) is 48.3 Å². The lowest BCUT2D eigenvalue weighted by atomic mass is 10.0. The highest BCUT2D eigenvalue weighted by atomic mass is 16.5. The Morgan fingerprint density at radius 1 is 1.21 bits per heavy atom. The highest BCUT2D eigenvalue weighted by molar-refractivity contribution is 5.95. The van der Waals surface area contributed by atoms with E-state index in [-0.39, 0.29) is 17.9 Å². The molecule has 1 amide bonds. The number of ether oxygens (including phenoxy) is 1. The average Bonchev–Trinajstić information content (AvgIpc) is 3.20. The third kappa shape index (κ3) is 7.29. The Balaban J connectivity index is 0.000000989. The number of hydrogen-bond acceptors (Lipinski definition) is 4. The van der Waals surface area contributed by atoms with Crippen LogP contribution in [0.1, 0.15) is 58.9 Å². The smallest absolute Gasteiger partial charge is 0.224 e. The number of amides is 1. The summed E-state index contributed by atoms with van der Waals surface area (Å²) in [6.07, 6.45) is 7.45. The van der Waals surface area contributed by atoms with Crippen LogP contribution in [0, 0.1) is 5.92 Å². The van der Waals surface area contributed by atoms with E-state index in [0.29, 0.717) is 12.3 Å². The minimum absolute atomic E-state index is 0.0503. The van der Waals surface area contributed by atoms with Crippen molar-refractivity contribution in [2.24, 2.45) is 22.4 Å². The molecule has 2 aliphatic rings. The van der Waals surface area contributed by atoms with E-state index in [1.807, 2.05) is 45.9 Å². The van der Waals surface area contributed by atoms with Crippen LogP contribution in [0.25, 0.3) is 0 Å². The van der Waals surface area contributed by atoms with Gasteiger partial charge in [-0.1, -0.05) is 34.3 Å². The number of fused-ring (bicyclic) bond motifs is 1. The van der Waals surface area contributed by atoms with Crippen molar-refractivity contribution in [3.05, 3.63) is 48.4 Å². The molecule has 1 heterocycles. The zero-order valence-corrected chi connectivity index (χ0v) is 18.2. The van der Waals surface area contributed by atoms with E-state index in [4.69, 9.17) is 16.2 Å². The van der Waals surface area contributed by atoms with Crippen molar-refractivity contribution in [2.75, 3.05) is 5.32 Å². The number of nitrogens with zero attached hydrogens (tertiary/aromatic N) is 1. The Morgan fingerprint density at radius 2 is 1.93 bits per heavy atom. The predicted molar refractivity (Wildman–Crippen MR) is 122 cm³/mol. The molecule has 0 radical (unpaired) electrons. The monoisotopic (exact) mass is 400 g/mol. The summed E-state index contributed by atoms with van der Waals surface area (Å²) in [5, 5.41) is 2.85. The number of carbonyl (C=O) groups is 1. The second kappa shape index (κ2) is 12.6. The lowest BCUT2D eigenvalue weighted by molar-refractivity contribution is -0.116. The molecule has 3 rings (SSSR count). The van der Waals surface area contributed by atoms with Gasteiger partial charge in [-0.3, -0.25) is 4.79 Å². The van der Waals surface area contributed by atoms with Crippen molar-refractivity contribution >= 4 is 23.1 Å². The number of aliphatic imine (C=N–C) groups is 1. The molecule has 29 heavy (non-hydrogen) atoms. The SMILES string of the molecule is C=COC1CCC(/C(N)=C/C(N)=Nc2ccc3c(c2)CCC(=O)N3)C1.CC.CC. The van der Waals surface area contributed by atoms with Gasteiger partial charge < -0.3 is 21.5 Å². The molecule has 0 aromatic heterocycles. The summed E-state index contributed by atoms with van der Waals surface area (Å²) in [5.74, 6) is 0.692. The second-order valence-corrected chi connectivity index (χ2v) is 6.51. The van der Waals surface area contributed by atoms with Crippen molar-refractivity contribution in [3.8, 4) is 0 Å². The van der Waals surface area contributed by atoms with Gasteiger partial charge in [-0.05, 0) is 55.5 Å². The molecule has 2 atom stereocenters. The van der Waals surface area contributed by atoms with Gasteiger partial charge >= 0.3 is 0 Å². The van der Waals surface area contributed by atoms with Crippen LogP contribution in [0.2, 0.25) is 0 Å². The first kappa shape index (κ1) is 24.3. The van der Waals surface area contributed by atoms with Gasteiger partial charge in [0.1, 0.15) is 5.84 Å². The standard InChI is InChI=1S/C19H24N4O2.2C2H6/c1-2-25-15-6-3-12(10-15)16(20)11-18(21)22-14-5-7-17-13(9-14)4-8-19(24)23-17;2*1-2/h2,5,7,9,11-12,15H,1,3-4,6,8,10,20H2,(H2,21,22)(H,23,24);2*1-2H3/b16-11-;;. The van der Waals surface area contributed by atoms with Crippen molar-refractivity contribution in [3.63, 3.8) is 0 Å². The first-order valence-corrected chi connectivity index (χ1v) is 10.6. The molecule has 1 aliphatic carbocycles. The molecule has 2 unspecified atom stereocenters. The van der Waals surface area contributed by atoms with Gasteiger partial charge in [0.25, 0.3) is 0 Å². The predicted octanol–water partition coefficient (Wildman–Crippen LogP) is 4.78. The molecular formula is C23H36N4O2. The number of amidine groups is 1. The summed E-state index contributed by atoms with van der Waals surface area (Å²) in [5.41, 5.74) is 15.7. The van der Waals surface area contributed by atoms with Gasteiger partial charge in [0.05, 0.1) is 18.1 Å². The molecule has 5 N–H and O–H groups in total. The lowest BCUT2D eigenvalue weighted by Gasteiger charge is -2.16. The van der Waals surface area contributed by atoms with E-state index in [1.165, 1.54) is 6.26 Å². The number of nitrogens with one attached hydrogen (secondary N) is 1. The van der Waals surface area contributed by atoms with Crippen LogP contribution in [0.3, 0.4) is 0 Å². The van der Waals surface area contributed by atoms with Gasteiger partial charge in [0, 0.05) is 23.7 Å². The van der Waals surface area contributed by atoms with Crippen LogP contribution in [-0.4, -0.2) is 17.8 Å². The van der Waals surface area contributed by atoms with E-state index in [9.17, 15) is 4.79 Å². The van der Waals surface area contributed by atoms with Crippen LogP contribution in [0.4, 0.5) is 11.4 Å². The van der Waals surface area contributed by atoms with Crippen molar-refractivity contribution < 1.29 is 9.53 Å². The second-order valence-electron chi connectivity index (χ2n) is 6.51. The number of anilines is 1. The molecule has 1 saturated carbocycles. The summed E-state index contributed by atoms with van der Waals surface area (Å²) in [4.78, 5) is 15.8. The molecule has 1 fully saturated rings. The van der Waals surface area contributed by atoms with Crippen molar-refractivity contribution in [1.82, 2.24) is 0 Å². The minimum Gasteiger partial charge on any atom is -0.499 e. The highest BCUT2D eigenvalue weighted by Crippen LogP contribution is 2.31. The minimum atomic E-state index is 0.0503. The van der Waals surface area contributed by atoms with Crippen molar-refractivity contribution in [1.29, 1.82) is 0 Å². The lowest BCUT2D eigenvalue weighted by Crippen LogP contribution is -2.18. The Hall–Kier alpha value is -2.76. The van der Waals surface area contributed by atoms with Crippen LogP contribution < -0.4 is 16.8 Å². The quantitative estimate of drug-likeness (QED) is 0.376. The molecule has 1 aromatic rings. The molecular weight excluding hydrogens is 364 g/mol. The number of nitrogens with two attached hydrogens (primary N) is 2. The van der Waals surface area contributed by atoms with Crippen LogP contribution in [-0.2, 0) is 16.0 Å². The largest absolute Gasteiger partial charge is 0.499 e. The fourth-order valence-electron chi connectivity index (χ4n) is 3.41. The first-order valence-electron chi connectivity index (χ1n) is 10.6. The van der Waals surface area contributed by atoms with E-state index >= 15 is 0 Å². The van der Waals surface area contributed by atoms with Gasteiger partial charge in [-0.2, -0.15) is 0 Å². The van der Waals surface area contributed by atoms with Crippen LogP contribution >= 0.6 is 0 Å². The topological polar surface area (TPSA) is 103 Å². The first-order chi connectivity index (χ1) is 14.0. The summed E-state index contributed by atoms with van der Waals surface area (Å²) in [6, 6.07) is 5.65. The van der Waals surface area contributed by atoms with Gasteiger partial charge in [0.2, 0.25) is 5.91 Å². The van der Waals surface area contributed by atoms with Gasteiger partial charge in [-0.25, -0.2) is 4.99 Å². The molecule has 6 nitrogen and oxygen atoms in total. The number of hydrogen-bond donors (Lipinski definition) is 3.